The van der Waals surface area contributed by atoms with Gasteiger partial charge in [-0.2, -0.15) is 0 Å². The van der Waals surface area contributed by atoms with E-state index in [1.54, 1.807) is 0 Å². The molecule has 4 aliphatic rings. The fraction of sp³-hybridized carbons (Fsp3) is 0.261. The summed E-state index contributed by atoms with van der Waals surface area (Å²) < 4.78 is 14.0. The highest BCUT2D eigenvalue weighted by Crippen LogP contribution is 2.58. The molecule has 12 heteroatoms. The van der Waals surface area contributed by atoms with Gasteiger partial charge in [-0.3, -0.25) is 20.2 Å². The molecule has 0 radical (unpaired) electrons. The molecule has 0 amide bonds. The number of nitro benzene ring substituents is 2. The largest absolute Gasteiger partial charge is 0.462 e. The van der Waals surface area contributed by atoms with Crippen LogP contribution in [-0.2, 0) is 37.1 Å². The first-order valence-corrected chi connectivity index (χ1v) is 19.2. The molecule has 0 bridgehead atoms. The molecule has 58 heavy (non-hydrogen) atoms. The van der Waals surface area contributed by atoms with Crippen molar-refractivity contribution in [1.29, 1.82) is 0 Å². The molecule has 9 rings (SSSR count). The first-order valence-electron chi connectivity index (χ1n) is 19.2. The van der Waals surface area contributed by atoms with Crippen molar-refractivity contribution in [2.45, 2.75) is 76.3 Å². The van der Waals surface area contributed by atoms with Crippen LogP contribution in [-0.4, -0.2) is 31.5 Å². The summed E-state index contributed by atoms with van der Waals surface area (Å²) in [5.41, 5.74) is 4.63. The number of anilines is 2. The van der Waals surface area contributed by atoms with E-state index in [0.29, 0.717) is 46.8 Å². The molecule has 2 spiro atoms. The van der Waals surface area contributed by atoms with Gasteiger partial charge in [0.05, 0.1) is 33.9 Å². The minimum atomic E-state index is -1.02. The van der Waals surface area contributed by atoms with E-state index in [4.69, 9.17) is 9.47 Å². The molecule has 4 heterocycles. The predicted molar refractivity (Wildman–Crippen MR) is 221 cm³/mol. The van der Waals surface area contributed by atoms with Crippen molar-refractivity contribution in [3.8, 4) is 11.5 Å². The van der Waals surface area contributed by atoms with Gasteiger partial charge >= 0.3 is 0 Å². The Labute approximate surface area is 335 Å². The number of non-ortho nitro benzene ring substituents is 2. The average molecular weight is 779 g/mol. The van der Waals surface area contributed by atoms with Crippen molar-refractivity contribution in [2.75, 3.05) is 9.80 Å². The Morgan fingerprint density at radius 2 is 0.966 bits per heavy atom. The number of aliphatic hydroxyl groups excluding tert-OH is 2. The summed E-state index contributed by atoms with van der Waals surface area (Å²) in [7, 11) is 0. The van der Waals surface area contributed by atoms with Gasteiger partial charge < -0.3 is 29.5 Å². The third-order valence-electron chi connectivity index (χ3n) is 12.6. The zero-order valence-corrected chi connectivity index (χ0v) is 32.5. The number of hydrogen-bond donors (Lipinski definition) is 2. The second kappa shape index (κ2) is 13.0. The first kappa shape index (κ1) is 37.1. The third kappa shape index (κ3) is 5.21. The second-order valence-electron chi connectivity index (χ2n) is 16.4. The number of nitrogens with zero attached hydrogens (tertiary/aromatic N) is 4. The summed E-state index contributed by atoms with van der Waals surface area (Å²) in [5, 5.41) is 44.1. The third-order valence-corrected chi connectivity index (χ3v) is 12.6. The van der Waals surface area contributed by atoms with E-state index in [0.717, 1.165) is 33.6 Å². The van der Waals surface area contributed by atoms with E-state index in [1.807, 2.05) is 48.6 Å². The highest BCUT2D eigenvalue weighted by Gasteiger charge is 2.60. The summed E-state index contributed by atoms with van der Waals surface area (Å²) >= 11 is 0. The monoisotopic (exact) mass is 778 g/mol. The zero-order chi connectivity index (χ0) is 40.8. The van der Waals surface area contributed by atoms with Crippen molar-refractivity contribution in [3.63, 3.8) is 0 Å². The maximum absolute atomic E-state index is 11.7. The number of aliphatic hydroxyl groups is 2. The van der Waals surface area contributed by atoms with Gasteiger partial charge in [-0.05, 0) is 86.4 Å². The number of fused-ring (bicyclic) bond motifs is 4. The number of para-hydroxylation sites is 2. The fourth-order valence-corrected chi connectivity index (χ4v) is 9.50. The molecule has 294 valence electrons. The molecular formula is C46H42N4O8. The van der Waals surface area contributed by atoms with Gasteiger partial charge in [0, 0.05) is 71.0 Å². The molecule has 2 atom stereocenters. The predicted octanol–water partition coefficient (Wildman–Crippen LogP) is 8.69. The zero-order valence-electron chi connectivity index (χ0n) is 32.5. The lowest BCUT2D eigenvalue weighted by molar-refractivity contribution is -0.385. The van der Waals surface area contributed by atoms with Crippen molar-refractivity contribution in [1.82, 2.24) is 0 Å². The van der Waals surface area contributed by atoms with Crippen LogP contribution in [0, 0.1) is 20.2 Å². The summed E-state index contributed by atoms with van der Waals surface area (Å²) in [6, 6.07) is 30.5. The highest BCUT2D eigenvalue weighted by atomic mass is 16.6. The summed E-state index contributed by atoms with van der Waals surface area (Å²) in [6.07, 6.45) is 7.70. The van der Waals surface area contributed by atoms with Crippen LogP contribution in [0.15, 0.2) is 109 Å². The molecule has 5 aromatic rings. The average Bonchev–Trinajstić information content (AvgIpc) is 3.51. The molecule has 4 aliphatic heterocycles. The molecule has 0 saturated heterocycles. The molecule has 5 aromatic carbocycles. The van der Waals surface area contributed by atoms with Crippen LogP contribution in [0.2, 0.25) is 0 Å². The van der Waals surface area contributed by atoms with Crippen LogP contribution in [0.3, 0.4) is 0 Å². The van der Waals surface area contributed by atoms with E-state index in [1.165, 1.54) is 24.3 Å². The fourth-order valence-electron chi connectivity index (χ4n) is 9.50. The van der Waals surface area contributed by atoms with E-state index >= 15 is 0 Å². The maximum atomic E-state index is 11.7. The number of rotatable bonds is 8. The van der Waals surface area contributed by atoms with Crippen molar-refractivity contribution >= 4 is 34.9 Å². The number of nitro groups is 2. The normalized spacial score (nSPS) is 21.3. The van der Waals surface area contributed by atoms with Gasteiger partial charge in [0.15, 0.2) is 0 Å². The van der Waals surface area contributed by atoms with Gasteiger partial charge in [0.2, 0.25) is 11.4 Å². The lowest BCUT2D eigenvalue weighted by Gasteiger charge is -2.47. The Kier molecular flexibility index (Phi) is 8.33. The Morgan fingerprint density at radius 3 is 1.33 bits per heavy atom. The highest BCUT2D eigenvalue weighted by molar-refractivity contribution is 5.76. The van der Waals surface area contributed by atoms with E-state index < -0.39 is 45.3 Å². The molecule has 0 aliphatic carbocycles. The van der Waals surface area contributed by atoms with E-state index in [2.05, 4.69) is 86.0 Å². The van der Waals surface area contributed by atoms with Crippen molar-refractivity contribution in [3.05, 3.63) is 174 Å². The Morgan fingerprint density at radius 1 is 0.586 bits per heavy atom. The van der Waals surface area contributed by atoms with Crippen molar-refractivity contribution < 1.29 is 29.5 Å². The first-order chi connectivity index (χ1) is 27.7. The maximum Gasteiger partial charge on any atom is 0.270 e. The molecule has 0 unspecified atom stereocenters. The Hall–Kier alpha value is -6.50. The minimum Gasteiger partial charge on any atom is -0.462 e. The quantitative estimate of drug-likeness (QED) is 0.116. The minimum absolute atomic E-state index is 0.109. The number of ether oxygens (including phenoxy) is 2. The molecule has 0 saturated carbocycles. The number of hydrogen-bond acceptors (Lipinski definition) is 10. The van der Waals surface area contributed by atoms with Crippen LogP contribution < -0.4 is 19.3 Å². The molecule has 0 fully saturated rings. The Balaban J connectivity index is 1.06. The number of benzene rings is 5. The van der Waals surface area contributed by atoms with Crippen molar-refractivity contribution in [2.24, 2.45) is 0 Å². The molecule has 2 N–H and O–H groups in total. The second-order valence-corrected chi connectivity index (χ2v) is 16.4. The molecule has 12 nitrogen and oxygen atoms in total. The van der Waals surface area contributed by atoms with Gasteiger partial charge in [-0.25, -0.2) is 0 Å². The Bertz CT molecular complexity index is 2420. The van der Waals surface area contributed by atoms with E-state index in [-0.39, 0.29) is 11.4 Å². The van der Waals surface area contributed by atoms with Gasteiger partial charge in [-0.15, -0.1) is 0 Å². The summed E-state index contributed by atoms with van der Waals surface area (Å²) in [6.45, 7) is 8.64. The lowest BCUT2D eigenvalue weighted by Crippen LogP contribution is -2.59. The van der Waals surface area contributed by atoms with Crippen LogP contribution in [0.5, 0.6) is 11.5 Å². The summed E-state index contributed by atoms with van der Waals surface area (Å²) in [4.78, 5) is 26.9. The standard InChI is InChI=1S/C46H42N4O8/c1-43(2)37-9-5-7-11-39(37)47(45(43)19-17-31-21-35(49(53)54)23-33(27-51)41(31)57-45)25-29-13-15-30(16-14-29)26-48-40-12-8-6-10-38(40)44(3,4)46(48)20-18-32-22-36(50(55)56)24-34(28-52)42(32)58-46/h5-24,51-52H,25-28H2,1-4H3/t45-,46-/m1/s1. The van der Waals surface area contributed by atoms with Gasteiger partial charge in [0.25, 0.3) is 11.4 Å². The van der Waals surface area contributed by atoms with Crippen LogP contribution in [0.25, 0.3) is 12.2 Å². The van der Waals surface area contributed by atoms with Crippen LogP contribution in [0.1, 0.15) is 72.2 Å². The SMILES string of the molecule is CC1(C)c2ccccc2N(Cc2ccc(CN3c4ccccc4C(C)(C)[C@]34C=Cc3cc([N+](=O)[O-])cc(CO)c3O4)cc2)[C@@]12C=Cc1cc([N+](=O)[O-])cc(CO)c1O2. The topological polar surface area (TPSA) is 152 Å². The molecule has 0 aromatic heterocycles. The molecular weight excluding hydrogens is 737 g/mol. The van der Waals surface area contributed by atoms with Crippen LogP contribution in [0.4, 0.5) is 22.7 Å². The lowest BCUT2D eigenvalue weighted by atomic mass is 9.76. The smallest absolute Gasteiger partial charge is 0.270 e. The van der Waals surface area contributed by atoms with Gasteiger partial charge in [0.1, 0.15) is 11.5 Å². The van der Waals surface area contributed by atoms with Crippen LogP contribution >= 0.6 is 0 Å². The van der Waals surface area contributed by atoms with Gasteiger partial charge in [-0.1, -0.05) is 60.7 Å². The van der Waals surface area contributed by atoms with E-state index in [9.17, 15) is 30.4 Å². The summed E-state index contributed by atoms with van der Waals surface area (Å²) in [5.74, 6) is 0.844.